The summed E-state index contributed by atoms with van der Waals surface area (Å²) in [7, 11) is 0. The topological polar surface area (TPSA) is 50.1 Å². The third-order valence-electron chi connectivity index (χ3n) is 5.01. The summed E-state index contributed by atoms with van der Waals surface area (Å²) in [4.78, 5) is 12.8. The van der Waals surface area contributed by atoms with Crippen LogP contribution in [-0.2, 0) is 6.18 Å². The Balaban J connectivity index is 1.48. The van der Waals surface area contributed by atoms with Crippen LogP contribution in [0.3, 0.4) is 0 Å². The molecular formula is C20H21F3N6. The fourth-order valence-corrected chi connectivity index (χ4v) is 3.56. The van der Waals surface area contributed by atoms with E-state index in [4.69, 9.17) is 0 Å². The molecular weight excluding hydrogens is 381 g/mol. The van der Waals surface area contributed by atoms with Gasteiger partial charge >= 0.3 is 6.18 Å². The molecule has 152 valence electrons. The molecule has 1 saturated heterocycles. The first kappa shape index (κ1) is 19.2. The lowest BCUT2D eigenvalue weighted by Gasteiger charge is -2.37. The molecule has 6 nitrogen and oxygen atoms in total. The van der Waals surface area contributed by atoms with E-state index in [0.29, 0.717) is 37.7 Å². The molecule has 0 bridgehead atoms. The zero-order chi connectivity index (χ0) is 20.6. The van der Waals surface area contributed by atoms with Gasteiger partial charge in [-0.2, -0.15) is 18.3 Å². The molecule has 1 aliphatic rings. The molecule has 4 rings (SSSR count). The maximum Gasteiger partial charge on any atom is 0.416 e. The summed E-state index contributed by atoms with van der Waals surface area (Å²) < 4.78 is 40.7. The molecule has 0 saturated carbocycles. The Hall–Kier alpha value is -3.10. The van der Waals surface area contributed by atoms with Gasteiger partial charge in [0.25, 0.3) is 0 Å². The minimum atomic E-state index is -4.34. The lowest BCUT2D eigenvalue weighted by atomic mass is 10.1. The van der Waals surface area contributed by atoms with Crippen LogP contribution >= 0.6 is 0 Å². The van der Waals surface area contributed by atoms with Gasteiger partial charge in [0.05, 0.1) is 11.3 Å². The fourth-order valence-electron chi connectivity index (χ4n) is 3.56. The van der Waals surface area contributed by atoms with Gasteiger partial charge in [-0.15, -0.1) is 0 Å². The van der Waals surface area contributed by atoms with Crippen molar-refractivity contribution in [3.8, 4) is 5.82 Å². The van der Waals surface area contributed by atoms with Gasteiger partial charge in [-0.05, 0) is 38.1 Å². The number of alkyl halides is 3. The SMILES string of the molecule is Cc1cc(C)n(-c2cc(N3CCN(c4cccc(C(F)(F)F)c4)CC3)ncn2)n1. The molecule has 0 spiro atoms. The number of rotatable bonds is 3. The quantitative estimate of drug-likeness (QED) is 0.670. The molecule has 29 heavy (non-hydrogen) atoms. The summed E-state index contributed by atoms with van der Waals surface area (Å²) in [6.45, 7) is 6.43. The molecule has 0 radical (unpaired) electrons. The maximum atomic E-state index is 13.0. The summed E-state index contributed by atoms with van der Waals surface area (Å²) in [5.41, 5.74) is 1.87. The zero-order valence-corrected chi connectivity index (χ0v) is 16.2. The summed E-state index contributed by atoms with van der Waals surface area (Å²) in [6, 6.07) is 9.35. The van der Waals surface area contributed by atoms with E-state index in [1.54, 1.807) is 10.7 Å². The van der Waals surface area contributed by atoms with Crippen molar-refractivity contribution in [3.05, 3.63) is 59.7 Å². The van der Waals surface area contributed by atoms with Crippen LogP contribution in [0.2, 0.25) is 0 Å². The van der Waals surface area contributed by atoms with Gasteiger partial charge in [-0.25, -0.2) is 14.6 Å². The number of piperazine rings is 1. The van der Waals surface area contributed by atoms with Gasteiger partial charge in [0.2, 0.25) is 0 Å². The summed E-state index contributed by atoms with van der Waals surface area (Å²) >= 11 is 0. The Morgan fingerprint density at radius 1 is 0.862 bits per heavy atom. The molecule has 9 heteroatoms. The second kappa shape index (κ2) is 7.38. The van der Waals surface area contributed by atoms with Gasteiger partial charge in [0.15, 0.2) is 5.82 Å². The van der Waals surface area contributed by atoms with Crippen molar-refractivity contribution in [2.75, 3.05) is 36.0 Å². The molecule has 0 amide bonds. The Bertz CT molecular complexity index is 1010. The fraction of sp³-hybridized carbons (Fsp3) is 0.350. The predicted molar refractivity (Wildman–Crippen MR) is 104 cm³/mol. The van der Waals surface area contributed by atoms with Crippen molar-refractivity contribution in [1.82, 2.24) is 19.7 Å². The third kappa shape index (κ3) is 4.03. The molecule has 0 aliphatic carbocycles. The Morgan fingerprint density at radius 3 is 2.21 bits per heavy atom. The second-order valence-corrected chi connectivity index (χ2v) is 7.10. The average molecular weight is 402 g/mol. The van der Waals surface area contributed by atoms with E-state index in [1.165, 1.54) is 18.5 Å². The first-order valence-electron chi connectivity index (χ1n) is 9.34. The van der Waals surface area contributed by atoms with Crippen LogP contribution in [0, 0.1) is 13.8 Å². The molecule has 3 heterocycles. The second-order valence-electron chi connectivity index (χ2n) is 7.10. The number of hydrogen-bond donors (Lipinski definition) is 0. The number of hydrogen-bond acceptors (Lipinski definition) is 5. The van der Waals surface area contributed by atoms with Crippen LogP contribution in [0.15, 0.2) is 42.7 Å². The van der Waals surface area contributed by atoms with Gasteiger partial charge in [0, 0.05) is 43.6 Å². The van der Waals surface area contributed by atoms with Crippen LogP contribution in [0.4, 0.5) is 24.7 Å². The number of halogens is 3. The summed E-state index contributed by atoms with van der Waals surface area (Å²) in [6.07, 6.45) is -2.82. The van der Waals surface area contributed by atoms with E-state index in [9.17, 15) is 13.2 Å². The maximum absolute atomic E-state index is 13.0. The van der Waals surface area contributed by atoms with E-state index in [2.05, 4.69) is 20.0 Å². The van der Waals surface area contributed by atoms with Crippen molar-refractivity contribution in [2.24, 2.45) is 0 Å². The minimum absolute atomic E-state index is 0.588. The lowest BCUT2D eigenvalue weighted by Crippen LogP contribution is -2.47. The van der Waals surface area contributed by atoms with Gasteiger partial charge < -0.3 is 9.80 Å². The highest BCUT2D eigenvalue weighted by Crippen LogP contribution is 2.32. The predicted octanol–water partition coefficient (Wildman–Crippen LogP) is 3.62. The molecule has 0 atom stereocenters. The Labute approximate surface area is 166 Å². The first-order valence-corrected chi connectivity index (χ1v) is 9.34. The first-order chi connectivity index (χ1) is 13.8. The number of anilines is 2. The summed E-state index contributed by atoms with van der Waals surface area (Å²) in [5.74, 6) is 1.48. The van der Waals surface area contributed by atoms with Crippen LogP contribution in [0.1, 0.15) is 17.0 Å². The molecule has 3 aromatic rings. The molecule has 1 fully saturated rings. The van der Waals surface area contributed by atoms with Crippen molar-refractivity contribution >= 4 is 11.5 Å². The number of aromatic nitrogens is 4. The van der Waals surface area contributed by atoms with E-state index in [0.717, 1.165) is 23.3 Å². The van der Waals surface area contributed by atoms with Crippen LogP contribution in [-0.4, -0.2) is 45.9 Å². The van der Waals surface area contributed by atoms with Crippen molar-refractivity contribution in [2.45, 2.75) is 20.0 Å². The minimum Gasteiger partial charge on any atom is -0.368 e. The highest BCUT2D eigenvalue weighted by Gasteiger charge is 2.31. The van der Waals surface area contributed by atoms with Crippen molar-refractivity contribution in [3.63, 3.8) is 0 Å². The van der Waals surface area contributed by atoms with Crippen LogP contribution in [0.5, 0.6) is 0 Å². The molecule has 1 aromatic carbocycles. The van der Waals surface area contributed by atoms with E-state index in [-0.39, 0.29) is 0 Å². The van der Waals surface area contributed by atoms with Gasteiger partial charge in [-0.1, -0.05) is 6.07 Å². The molecule has 0 N–H and O–H groups in total. The Morgan fingerprint density at radius 2 is 1.55 bits per heavy atom. The Kier molecular flexibility index (Phi) is 4.89. The summed E-state index contributed by atoms with van der Waals surface area (Å²) in [5, 5.41) is 4.45. The largest absolute Gasteiger partial charge is 0.416 e. The monoisotopic (exact) mass is 402 g/mol. The average Bonchev–Trinajstić information content (AvgIpc) is 3.06. The smallest absolute Gasteiger partial charge is 0.368 e. The van der Waals surface area contributed by atoms with E-state index >= 15 is 0 Å². The highest BCUT2D eigenvalue weighted by molar-refractivity contribution is 5.52. The third-order valence-corrected chi connectivity index (χ3v) is 5.01. The number of aryl methyl sites for hydroxylation is 2. The van der Waals surface area contributed by atoms with Crippen LogP contribution in [0.25, 0.3) is 5.82 Å². The van der Waals surface area contributed by atoms with Gasteiger partial charge in [0.1, 0.15) is 12.1 Å². The van der Waals surface area contributed by atoms with Crippen molar-refractivity contribution < 1.29 is 13.2 Å². The molecule has 1 aliphatic heterocycles. The normalized spacial score (nSPS) is 15.1. The van der Waals surface area contributed by atoms with E-state index in [1.807, 2.05) is 30.9 Å². The lowest BCUT2D eigenvalue weighted by molar-refractivity contribution is -0.137. The van der Waals surface area contributed by atoms with Crippen LogP contribution < -0.4 is 9.80 Å². The van der Waals surface area contributed by atoms with Crippen molar-refractivity contribution in [1.29, 1.82) is 0 Å². The molecule has 0 unspecified atom stereocenters. The number of nitrogens with zero attached hydrogens (tertiary/aromatic N) is 6. The molecule has 2 aromatic heterocycles. The zero-order valence-electron chi connectivity index (χ0n) is 16.2. The number of benzene rings is 1. The highest BCUT2D eigenvalue weighted by atomic mass is 19.4. The van der Waals surface area contributed by atoms with Gasteiger partial charge in [-0.3, -0.25) is 0 Å². The van der Waals surface area contributed by atoms with E-state index < -0.39 is 11.7 Å². The standard InChI is InChI=1S/C20H21F3N6/c1-14-10-15(2)29(26-14)19-12-18(24-13-25-19)28-8-6-27(7-9-28)17-5-3-4-16(11-17)20(21,22)23/h3-5,10-13H,6-9H2,1-2H3.